The Labute approximate surface area is 228 Å². The Kier molecular flexibility index (Phi) is 12.5. The Morgan fingerprint density at radius 1 is 1.14 bits per heavy atom. The van der Waals surface area contributed by atoms with Crippen molar-refractivity contribution in [3.8, 4) is 0 Å². The van der Waals surface area contributed by atoms with Crippen LogP contribution in [0.2, 0.25) is 5.02 Å². The van der Waals surface area contributed by atoms with E-state index < -0.39 is 20.4 Å². The van der Waals surface area contributed by atoms with Crippen LogP contribution in [0.1, 0.15) is 57.9 Å². The Balaban J connectivity index is 1.75. The van der Waals surface area contributed by atoms with Gasteiger partial charge in [-0.2, -0.15) is 0 Å². The van der Waals surface area contributed by atoms with Gasteiger partial charge in [-0.1, -0.05) is 37.6 Å². The van der Waals surface area contributed by atoms with E-state index in [-0.39, 0.29) is 18.3 Å². The van der Waals surface area contributed by atoms with Gasteiger partial charge in [0.15, 0.2) is 5.79 Å². The summed E-state index contributed by atoms with van der Waals surface area (Å²) >= 11 is 6.09. The molecule has 2 aliphatic rings. The van der Waals surface area contributed by atoms with Crippen LogP contribution in [0.25, 0.3) is 4.85 Å². The first-order valence-corrected chi connectivity index (χ1v) is 14.7. The van der Waals surface area contributed by atoms with Crippen molar-refractivity contribution in [3.05, 3.63) is 46.3 Å². The molecule has 8 nitrogen and oxygen atoms in total. The number of hydrogen-bond donors (Lipinski definition) is 0. The van der Waals surface area contributed by atoms with Crippen LogP contribution in [0.3, 0.4) is 0 Å². The summed E-state index contributed by atoms with van der Waals surface area (Å²) in [6.45, 7) is 15.8. The molecule has 10 heteroatoms. The number of hydrogen-bond acceptors (Lipinski definition) is 7. The summed E-state index contributed by atoms with van der Waals surface area (Å²) in [5, 5.41) is 0.753. The van der Waals surface area contributed by atoms with Crippen molar-refractivity contribution in [1.82, 2.24) is 4.67 Å². The number of ether oxygens (including phenoxy) is 4. The van der Waals surface area contributed by atoms with Crippen LogP contribution in [0.15, 0.2) is 24.3 Å². The highest BCUT2D eigenvalue weighted by molar-refractivity contribution is 7.44. The second kappa shape index (κ2) is 15.1. The van der Waals surface area contributed by atoms with Crippen molar-refractivity contribution in [2.75, 3.05) is 47.1 Å². The maximum absolute atomic E-state index is 7.10. The molecular weight excluding hydrogens is 515 g/mol. The van der Waals surface area contributed by atoms with Gasteiger partial charge >= 0.3 is 0 Å². The predicted octanol–water partition coefficient (Wildman–Crippen LogP) is 6.05. The van der Waals surface area contributed by atoms with Crippen LogP contribution in [0, 0.1) is 6.57 Å². The number of methoxy groups -OCH3 is 2. The van der Waals surface area contributed by atoms with E-state index in [4.69, 9.17) is 46.2 Å². The Hall–Kier alpha value is -0.850. The molecule has 5 unspecified atom stereocenters. The average Bonchev–Trinajstić information content (AvgIpc) is 3.19. The zero-order chi connectivity index (χ0) is 26.8. The summed E-state index contributed by atoms with van der Waals surface area (Å²) in [6.07, 6.45) is 2.21. The molecule has 0 spiro atoms. The molecule has 0 amide bonds. The lowest BCUT2D eigenvalue weighted by Crippen LogP contribution is -2.48. The number of nitrogens with zero attached hydrogens (tertiary/aromatic N) is 2. The second-order valence-corrected chi connectivity index (χ2v) is 11.5. The molecule has 1 aromatic carbocycles. The standard InChI is InChI=1S/C27H42ClN2O6P/c1-7-30(8-2)37(33-18-17-29-4)36-26-24(19-31-5)34-20(3)25(26)35-27(32-6)15-13-22(14-16-27)21-9-11-23(28)12-10-21/h9-12,20,22,24-26H,7-8,13-19H2,1-3,5-6H3. The van der Waals surface area contributed by atoms with Crippen molar-refractivity contribution in [1.29, 1.82) is 0 Å². The van der Waals surface area contributed by atoms with Gasteiger partial charge in [0.05, 0.1) is 12.7 Å². The van der Waals surface area contributed by atoms with E-state index in [9.17, 15) is 0 Å². The monoisotopic (exact) mass is 556 g/mol. The minimum absolute atomic E-state index is 0.206. The molecule has 1 saturated heterocycles. The lowest BCUT2D eigenvalue weighted by atomic mass is 9.81. The first kappa shape index (κ1) is 30.7. The fourth-order valence-electron chi connectivity index (χ4n) is 5.14. The first-order valence-electron chi connectivity index (χ1n) is 13.2. The molecule has 0 aromatic heterocycles. The van der Waals surface area contributed by atoms with E-state index in [0.29, 0.717) is 25.7 Å². The summed E-state index contributed by atoms with van der Waals surface area (Å²) in [5.74, 6) is -0.265. The first-order chi connectivity index (χ1) is 17.9. The van der Waals surface area contributed by atoms with Gasteiger partial charge in [-0.25, -0.2) is 11.2 Å². The van der Waals surface area contributed by atoms with Gasteiger partial charge in [0.1, 0.15) is 24.9 Å². The Morgan fingerprint density at radius 3 is 2.38 bits per heavy atom. The zero-order valence-electron chi connectivity index (χ0n) is 22.7. The lowest BCUT2D eigenvalue weighted by Gasteiger charge is -2.42. The van der Waals surface area contributed by atoms with Gasteiger partial charge in [-0.05, 0) is 43.4 Å². The molecule has 5 atom stereocenters. The average molecular weight is 557 g/mol. The maximum Gasteiger partial charge on any atom is 0.259 e. The summed E-state index contributed by atoms with van der Waals surface area (Å²) < 4.78 is 39.5. The van der Waals surface area contributed by atoms with Crippen LogP contribution in [0.4, 0.5) is 0 Å². The molecule has 1 saturated carbocycles. The number of halogens is 1. The molecule has 37 heavy (non-hydrogen) atoms. The molecule has 1 heterocycles. The molecule has 0 bridgehead atoms. The highest BCUT2D eigenvalue weighted by Crippen LogP contribution is 2.48. The molecule has 2 fully saturated rings. The third-order valence-electron chi connectivity index (χ3n) is 7.26. The molecule has 0 N–H and O–H groups in total. The molecule has 0 radical (unpaired) electrons. The van der Waals surface area contributed by atoms with Gasteiger partial charge in [-0.3, -0.25) is 0 Å². The fourth-order valence-corrected chi connectivity index (χ4v) is 6.79. The van der Waals surface area contributed by atoms with Crippen LogP contribution in [-0.4, -0.2) is 81.9 Å². The fraction of sp³-hybridized carbons (Fsp3) is 0.741. The number of rotatable bonds is 14. The van der Waals surface area contributed by atoms with Crippen molar-refractivity contribution < 1.29 is 28.0 Å². The zero-order valence-corrected chi connectivity index (χ0v) is 24.4. The van der Waals surface area contributed by atoms with E-state index in [1.54, 1.807) is 14.2 Å². The molecule has 1 aliphatic carbocycles. The third kappa shape index (κ3) is 8.08. The van der Waals surface area contributed by atoms with Crippen LogP contribution in [0.5, 0.6) is 0 Å². The number of benzene rings is 1. The smallest absolute Gasteiger partial charge is 0.259 e. The quantitative estimate of drug-likeness (QED) is 0.120. The van der Waals surface area contributed by atoms with E-state index >= 15 is 0 Å². The van der Waals surface area contributed by atoms with Crippen molar-refractivity contribution >= 4 is 20.1 Å². The highest BCUT2D eigenvalue weighted by atomic mass is 35.5. The van der Waals surface area contributed by atoms with Gasteiger partial charge < -0.3 is 32.8 Å². The molecular formula is C27H42ClN2O6P. The summed E-state index contributed by atoms with van der Waals surface area (Å²) in [7, 11) is 1.99. The van der Waals surface area contributed by atoms with E-state index in [2.05, 4.69) is 35.5 Å². The van der Waals surface area contributed by atoms with E-state index in [1.807, 2.05) is 19.1 Å². The largest absolute Gasteiger partial charge is 0.382 e. The van der Waals surface area contributed by atoms with E-state index in [1.165, 1.54) is 5.56 Å². The van der Waals surface area contributed by atoms with Crippen molar-refractivity contribution in [2.24, 2.45) is 0 Å². The summed E-state index contributed by atoms with van der Waals surface area (Å²) in [6, 6.07) is 8.14. The molecule has 1 aromatic rings. The van der Waals surface area contributed by atoms with Crippen LogP contribution < -0.4 is 0 Å². The molecule has 3 rings (SSSR count). The normalized spacial score (nSPS) is 30.9. The van der Waals surface area contributed by atoms with Gasteiger partial charge in [0.25, 0.3) is 8.53 Å². The Morgan fingerprint density at radius 2 is 1.81 bits per heavy atom. The maximum atomic E-state index is 7.10. The topological polar surface area (TPSA) is 63.0 Å². The third-order valence-corrected chi connectivity index (χ3v) is 9.37. The van der Waals surface area contributed by atoms with Gasteiger partial charge in [0.2, 0.25) is 6.54 Å². The van der Waals surface area contributed by atoms with Crippen molar-refractivity contribution in [3.63, 3.8) is 0 Å². The highest BCUT2D eigenvalue weighted by Gasteiger charge is 2.50. The van der Waals surface area contributed by atoms with Crippen LogP contribution >= 0.6 is 20.1 Å². The van der Waals surface area contributed by atoms with Crippen molar-refractivity contribution in [2.45, 2.75) is 82.6 Å². The predicted molar refractivity (Wildman–Crippen MR) is 146 cm³/mol. The second-order valence-electron chi connectivity index (χ2n) is 9.52. The van der Waals surface area contributed by atoms with Gasteiger partial charge in [0, 0.05) is 45.2 Å². The molecule has 208 valence electrons. The summed E-state index contributed by atoms with van der Waals surface area (Å²) in [5.41, 5.74) is 1.30. The minimum atomic E-state index is -1.39. The van der Waals surface area contributed by atoms with Gasteiger partial charge in [-0.15, -0.1) is 0 Å². The van der Waals surface area contributed by atoms with Crippen LogP contribution in [-0.2, 0) is 28.0 Å². The lowest BCUT2D eigenvalue weighted by molar-refractivity contribution is -0.274. The summed E-state index contributed by atoms with van der Waals surface area (Å²) in [4.78, 5) is 3.42. The minimum Gasteiger partial charge on any atom is -0.382 e. The SMILES string of the molecule is [C-]#[N+]CCOP(OC1C(COC)OC(C)C1OC1(OC)CCC(c2ccc(Cl)cc2)CC1)N(CC)CC. The molecule has 1 aliphatic heterocycles. The Bertz CT molecular complexity index is 844. The van der Waals surface area contributed by atoms with E-state index in [0.717, 1.165) is 43.8 Å².